The number of aromatic nitrogens is 5. The van der Waals surface area contributed by atoms with E-state index in [1.165, 1.54) is 6.33 Å². The van der Waals surface area contributed by atoms with Gasteiger partial charge in [0.1, 0.15) is 24.1 Å². The summed E-state index contributed by atoms with van der Waals surface area (Å²) >= 11 is 6.70. The van der Waals surface area contributed by atoms with Crippen molar-refractivity contribution < 1.29 is 9.84 Å². The van der Waals surface area contributed by atoms with Crippen LogP contribution in [0.4, 0.5) is 5.82 Å². The first kappa shape index (κ1) is 23.9. The minimum Gasteiger partial charge on any atom is -0.496 e. The van der Waals surface area contributed by atoms with Gasteiger partial charge in [0.05, 0.1) is 29.9 Å². The molecule has 178 valence electrons. The van der Waals surface area contributed by atoms with Gasteiger partial charge in [-0.05, 0) is 52.6 Å². The number of nitrogens with two attached hydrogens (primary N) is 1. The predicted molar refractivity (Wildman–Crippen MR) is 133 cm³/mol. The first-order chi connectivity index (χ1) is 16.1. The second kappa shape index (κ2) is 9.17. The van der Waals surface area contributed by atoms with Crippen molar-refractivity contribution in [2.24, 2.45) is 0 Å². The fourth-order valence-electron chi connectivity index (χ4n) is 4.16. The third-order valence-electron chi connectivity index (χ3n) is 6.05. The summed E-state index contributed by atoms with van der Waals surface area (Å²) < 4.78 is 7.74. The number of nitrogen functional groups attached to an aromatic ring is 1. The summed E-state index contributed by atoms with van der Waals surface area (Å²) in [4.78, 5) is 14.7. The number of pyridine rings is 1. The maximum absolute atomic E-state index is 10.3. The zero-order valence-corrected chi connectivity index (χ0v) is 20.8. The summed E-state index contributed by atoms with van der Waals surface area (Å²) in [6, 6.07) is 5.34. The Labute approximate surface area is 203 Å². The molecule has 0 aliphatic rings. The van der Waals surface area contributed by atoms with Crippen LogP contribution in [0.5, 0.6) is 5.75 Å². The summed E-state index contributed by atoms with van der Waals surface area (Å²) in [6.45, 7) is 5.83. The molecule has 3 heterocycles. The van der Waals surface area contributed by atoms with Crippen LogP contribution in [-0.4, -0.2) is 55.9 Å². The fraction of sp³-hybridized carbons (Fsp3) is 0.333. The maximum Gasteiger partial charge on any atom is 0.164 e. The highest BCUT2D eigenvalue weighted by molar-refractivity contribution is 6.32. The molecule has 0 radical (unpaired) electrons. The van der Waals surface area contributed by atoms with Gasteiger partial charge in [0.2, 0.25) is 0 Å². The predicted octanol–water partition coefficient (Wildman–Crippen LogP) is 3.91. The number of hydrogen-bond acceptors (Lipinski definition) is 8. The highest BCUT2D eigenvalue weighted by atomic mass is 35.5. The second-order valence-electron chi connectivity index (χ2n) is 8.45. The van der Waals surface area contributed by atoms with Crippen LogP contribution in [-0.2, 0) is 0 Å². The molecule has 4 aromatic rings. The minimum atomic E-state index is -0.794. The van der Waals surface area contributed by atoms with Crippen molar-refractivity contribution in [1.29, 1.82) is 0 Å². The van der Waals surface area contributed by atoms with Crippen molar-refractivity contribution in [3.8, 4) is 16.9 Å². The first-order valence-electron chi connectivity index (χ1n) is 10.8. The van der Waals surface area contributed by atoms with Crippen molar-refractivity contribution in [2.45, 2.75) is 33.0 Å². The Morgan fingerprint density at radius 3 is 2.53 bits per heavy atom. The van der Waals surface area contributed by atoms with Gasteiger partial charge in [0, 0.05) is 27.9 Å². The Balaban J connectivity index is 1.87. The Hall–Kier alpha value is -3.27. The quantitative estimate of drug-likeness (QED) is 0.398. The maximum atomic E-state index is 10.3. The normalized spacial score (nSPS) is 13.4. The van der Waals surface area contributed by atoms with E-state index in [4.69, 9.17) is 27.2 Å². The fourth-order valence-corrected chi connectivity index (χ4v) is 4.38. The first-order valence-corrected chi connectivity index (χ1v) is 11.2. The van der Waals surface area contributed by atoms with Crippen molar-refractivity contribution in [2.75, 3.05) is 26.9 Å². The Bertz CT molecular complexity index is 1350. The second-order valence-corrected chi connectivity index (χ2v) is 8.86. The molecule has 0 spiro atoms. The molecule has 4 rings (SSSR count). The van der Waals surface area contributed by atoms with E-state index in [0.29, 0.717) is 27.9 Å². The van der Waals surface area contributed by atoms with E-state index in [1.807, 2.05) is 37.6 Å². The van der Waals surface area contributed by atoms with Crippen LogP contribution < -0.4 is 10.5 Å². The number of methoxy groups -OCH3 is 1. The van der Waals surface area contributed by atoms with Gasteiger partial charge in [0.25, 0.3) is 0 Å². The smallest absolute Gasteiger partial charge is 0.164 e. The van der Waals surface area contributed by atoms with Crippen LogP contribution >= 0.6 is 11.6 Å². The van der Waals surface area contributed by atoms with Crippen LogP contribution in [0, 0.1) is 13.8 Å². The van der Waals surface area contributed by atoms with Crippen molar-refractivity contribution in [3.63, 3.8) is 0 Å². The third kappa shape index (κ3) is 3.96. The molecule has 0 amide bonds. The number of ether oxygens (including phenoxy) is 1. The topological polar surface area (TPSA) is 115 Å². The monoisotopic (exact) mass is 481 g/mol. The molecule has 0 saturated carbocycles. The van der Waals surface area contributed by atoms with E-state index in [2.05, 4.69) is 15.0 Å². The van der Waals surface area contributed by atoms with Gasteiger partial charge in [-0.15, -0.1) is 0 Å². The van der Waals surface area contributed by atoms with E-state index >= 15 is 0 Å². The number of aliphatic hydroxyl groups is 1. The summed E-state index contributed by atoms with van der Waals surface area (Å²) in [5, 5.41) is 16.3. The molecule has 2 atom stereocenters. The number of benzene rings is 1. The number of nitrogens with zero attached hydrogens (tertiary/aromatic N) is 6. The zero-order chi connectivity index (χ0) is 24.7. The van der Waals surface area contributed by atoms with E-state index in [1.54, 1.807) is 38.4 Å². The molecule has 10 heteroatoms. The lowest BCUT2D eigenvalue weighted by atomic mass is 9.94. The molecule has 0 bridgehead atoms. The van der Waals surface area contributed by atoms with E-state index in [0.717, 1.165) is 33.3 Å². The molecule has 0 saturated heterocycles. The standard InChI is InChI=1S/C24H28ClN7O2/c1-12-17(25)9-16(14(3)32-23-20(13(2)30-32)22(26)28-11-29-23)21(34-6)19(12)15-7-8-18(27-10-15)24(33)31(4)5/h7-11,14,24,33H,1-6H3,(H2,26,28,29). The lowest BCUT2D eigenvalue weighted by Gasteiger charge is -2.22. The van der Waals surface area contributed by atoms with E-state index in [9.17, 15) is 5.11 Å². The van der Waals surface area contributed by atoms with Crippen LogP contribution in [0.25, 0.3) is 22.2 Å². The molecule has 3 aromatic heterocycles. The van der Waals surface area contributed by atoms with E-state index in [-0.39, 0.29) is 6.04 Å². The molecule has 2 unspecified atom stereocenters. The van der Waals surface area contributed by atoms with Gasteiger partial charge in [-0.3, -0.25) is 9.88 Å². The zero-order valence-electron chi connectivity index (χ0n) is 20.0. The SMILES string of the molecule is COc1c(C(C)n2nc(C)c3c(N)ncnc32)cc(Cl)c(C)c1-c1ccc(C(O)N(C)C)nc1. The Kier molecular flexibility index (Phi) is 6.44. The van der Waals surface area contributed by atoms with Gasteiger partial charge < -0.3 is 15.6 Å². The average molecular weight is 482 g/mol. The molecule has 0 aliphatic heterocycles. The van der Waals surface area contributed by atoms with Gasteiger partial charge in [-0.2, -0.15) is 5.10 Å². The molecule has 3 N–H and O–H groups in total. The highest BCUT2D eigenvalue weighted by Gasteiger charge is 2.25. The molecule has 1 aromatic carbocycles. The molecule has 0 aliphatic carbocycles. The lowest BCUT2D eigenvalue weighted by Crippen LogP contribution is -2.20. The highest BCUT2D eigenvalue weighted by Crippen LogP contribution is 2.43. The minimum absolute atomic E-state index is 0.264. The number of aryl methyl sites for hydroxylation is 1. The van der Waals surface area contributed by atoms with Gasteiger partial charge >= 0.3 is 0 Å². The number of rotatable bonds is 6. The number of aliphatic hydroxyl groups excluding tert-OH is 1. The number of fused-ring (bicyclic) bond motifs is 1. The number of hydrogen-bond donors (Lipinski definition) is 2. The Morgan fingerprint density at radius 2 is 1.91 bits per heavy atom. The number of anilines is 1. The molecule has 34 heavy (non-hydrogen) atoms. The summed E-state index contributed by atoms with van der Waals surface area (Å²) in [5.41, 5.74) is 11.4. The van der Waals surface area contributed by atoms with Gasteiger partial charge in [0.15, 0.2) is 5.65 Å². The molecular formula is C24H28ClN7O2. The van der Waals surface area contributed by atoms with Gasteiger partial charge in [-0.25, -0.2) is 14.6 Å². The Morgan fingerprint density at radius 1 is 1.18 bits per heavy atom. The number of halogens is 1. The summed E-state index contributed by atoms with van der Waals surface area (Å²) in [7, 11) is 5.21. The van der Waals surface area contributed by atoms with E-state index < -0.39 is 6.23 Å². The van der Waals surface area contributed by atoms with Crippen molar-refractivity contribution >= 4 is 28.5 Å². The summed E-state index contributed by atoms with van der Waals surface area (Å²) in [5.74, 6) is 1.06. The third-order valence-corrected chi connectivity index (χ3v) is 6.44. The van der Waals surface area contributed by atoms with Gasteiger partial charge in [-0.1, -0.05) is 17.7 Å². The van der Waals surface area contributed by atoms with Crippen LogP contribution in [0.1, 0.15) is 41.7 Å². The lowest BCUT2D eigenvalue weighted by molar-refractivity contribution is 0.0358. The van der Waals surface area contributed by atoms with Crippen LogP contribution in [0.2, 0.25) is 5.02 Å². The molecule has 0 fully saturated rings. The molecular weight excluding hydrogens is 454 g/mol. The summed E-state index contributed by atoms with van der Waals surface area (Å²) in [6.07, 6.45) is 2.36. The average Bonchev–Trinajstić information content (AvgIpc) is 3.17. The molecule has 9 nitrogen and oxygen atoms in total. The largest absolute Gasteiger partial charge is 0.496 e. The van der Waals surface area contributed by atoms with Crippen LogP contribution in [0.3, 0.4) is 0 Å². The van der Waals surface area contributed by atoms with Crippen molar-refractivity contribution in [1.82, 2.24) is 29.6 Å². The van der Waals surface area contributed by atoms with Crippen molar-refractivity contribution in [3.05, 3.63) is 58.3 Å². The van der Waals surface area contributed by atoms with Crippen LogP contribution in [0.15, 0.2) is 30.7 Å².